The van der Waals surface area contributed by atoms with Gasteiger partial charge in [-0.2, -0.15) is 0 Å². The second-order valence-corrected chi connectivity index (χ2v) is 6.24. The predicted octanol–water partition coefficient (Wildman–Crippen LogP) is 4.76. The van der Waals surface area contributed by atoms with Crippen molar-refractivity contribution < 1.29 is 4.74 Å². The highest BCUT2D eigenvalue weighted by Crippen LogP contribution is 2.43. The Hall–Kier alpha value is -2.88. The zero-order valence-corrected chi connectivity index (χ0v) is 14.1. The number of rotatable bonds is 1. The summed E-state index contributed by atoms with van der Waals surface area (Å²) in [4.78, 5) is 11.5. The van der Waals surface area contributed by atoms with Gasteiger partial charge in [0.25, 0.3) is 0 Å². The summed E-state index contributed by atoms with van der Waals surface area (Å²) in [5.41, 5.74) is 5.50. The van der Waals surface area contributed by atoms with Gasteiger partial charge < -0.3 is 4.74 Å². The highest BCUT2D eigenvalue weighted by atomic mass is 16.5. The molecule has 1 aliphatic heterocycles. The minimum Gasteiger partial charge on any atom is -0.485 e. The average molecular weight is 317 g/mol. The molecule has 0 radical (unpaired) electrons. The number of hydrogen-bond donors (Lipinski definition) is 0. The Bertz CT molecular complexity index is 867. The summed E-state index contributed by atoms with van der Waals surface area (Å²) in [7, 11) is 0. The molecule has 0 saturated heterocycles. The third kappa shape index (κ3) is 2.40. The van der Waals surface area contributed by atoms with Crippen LogP contribution in [0.25, 0.3) is 0 Å². The van der Waals surface area contributed by atoms with Crippen LogP contribution in [0.5, 0.6) is 5.75 Å². The van der Waals surface area contributed by atoms with Crippen molar-refractivity contribution in [2.45, 2.75) is 27.4 Å². The maximum absolute atomic E-state index is 6.06. The molecule has 0 saturated carbocycles. The van der Waals surface area contributed by atoms with Gasteiger partial charge in [0, 0.05) is 18.0 Å². The second-order valence-electron chi connectivity index (χ2n) is 6.24. The molecule has 0 aliphatic carbocycles. The zero-order chi connectivity index (χ0) is 16.7. The normalized spacial score (nSPS) is 12.9. The molecule has 3 heterocycles. The lowest BCUT2D eigenvalue weighted by Gasteiger charge is -2.25. The Morgan fingerprint density at radius 1 is 0.917 bits per heavy atom. The lowest BCUT2D eigenvalue weighted by molar-refractivity contribution is 0.309. The van der Waals surface area contributed by atoms with Crippen LogP contribution in [0.3, 0.4) is 0 Å². The van der Waals surface area contributed by atoms with Crippen molar-refractivity contribution in [3.05, 3.63) is 71.0 Å². The van der Waals surface area contributed by atoms with Crippen LogP contribution in [0.2, 0.25) is 0 Å². The Labute approximate surface area is 141 Å². The molecule has 1 aliphatic rings. The first kappa shape index (κ1) is 14.7. The number of para-hydroxylation sites is 1. The fourth-order valence-electron chi connectivity index (χ4n) is 3.04. The zero-order valence-electron chi connectivity index (χ0n) is 14.1. The van der Waals surface area contributed by atoms with Crippen molar-refractivity contribution in [1.82, 2.24) is 9.97 Å². The first-order valence-corrected chi connectivity index (χ1v) is 8.04. The van der Waals surface area contributed by atoms with Crippen LogP contribution in [0, 0.1) is 20.8 Å². The van der Waals surface area contributed by atoms with Gasteiger partial charge in [-0.15, -0.1) is 0 Å². The molecule has 0 N–H and O–H groups in total. The Kier molecular flexibility index (Phi) is 3.45. The number of nitrogens with zero attached hydrogens (tertiary/aromatic N) is 3. The predicted molar refractivity (Wildman–Crippen MR) is 95.3 cm³/mol. The lowest BCUT2D eigenvalue weighted by Crippen LogP contribution is -2.15. The summed E-state index contributed by atoms with van der Waals surface area (Å²) in [5, 5.41) is 0. The molecular formula is C20H19N3O. The fourth-order valence-corrected chi connectivity index (χ4v) is 3.04. The largest absolute Gasteiger partial charge is 0.485 e. The van der Waals surface area contributed by atoms with E-state index in [1.165, 1.54) is 5.56 Å². The van der Waals surface area contributed by atoms with Gasteiger partial charge in [-0.3, -0.25) is 4.90 Å². The lowest BCUT2D eigenvalue weighted by atomic mass is 10.1. The number of hydrogen-bond acceptors (Lipinski definition) is 4. The molecule has 4 nitrogen and oxygen atoms in total. The van der Waals surface area contributed by atoms with Gasteiger partial charge in [0.2, 0.25) is 0 Å². The Morgan fingerprint density at radius 3 is 2.42 bits per heavy atom. The number of anilines is 3. The minimum absolute atomic E-state index is 0.491. The van der Waals surface area contributed by atoms with Gasteiger partial charge in [-0.05, 0) is 55.7 Å². The van der Waals surface area contributed by atoms with Crippen molar-refractivity contribution in [3.8, 4) is 5.75 Å². The molecule has 0 unspecified atom stereocenters. The number of aryl methyl sites for hydroxylation is 3. The first-order chi connectivity index (χ1) is 11.6. The van der Waals surface area contributed by atoms with Gasteiger partial charge >= 0.3 is 0 Å². The minimum atomic E-state index is 0.491. The maximum atomic E-state index is 6.06. The van der Waals surface area contributed by atoms with E-state index in [0.717, 1.165) is 39.8 Å². The van der Waals surface area contributed by atoms with Crippen LogP contribution in [-0.2, 0) is 6.61 Å². The quantitative estimate of drug-likeness (QED) is 0.648. The smallest absolute Gasteiger partial charge is 0.181 e. The topological polar surface area (TPSA) is 38.3 Å². The van der Waals surface area contributed by atoms with Gasteiger partial charge in [-0.1, -0.05) is 18.2 Å². The van der Waals surface area contributed by atoms with E-state index in [0.29, 0.717) is 6.61 Å². The van der Waals surface area contributed by atoms with Gasteiger partial charge in [0.05, 0.1) is 5.69 Å². The van der Waals surface area contributed by atoms with E-state index in [9.17, 15) is 0 Å². The van der Waals surface area contributed by atoms with E-state index in [1.807, 2.05) is 44.4 Å². The standard InChI is InChI=1S/C20H19N3O/c1-13-8-16-12-24-18-9-14(2)11-22-20(18)23(19(16)21-10-13)17-7-5-4-6-15(17)3/h4-11H,12H2,1-3H3. The molecule has 0 amide bonds. The van der Waals surface area contributed by atoms with Gasteiger partial charge in [0.1, 0.15) is 12.4 Å². The van der Waals surface area contributed by atoms with Gasteiger partial charge in [-0.25, -0.2) is 9.97 Å². The van der Waals surface area contributed by atoms with E-state index in [2.05, 4.69) is 35.0 Å². The molecular weight excluding hydrogens is 298 g/mol. The first-order valence-electron chi connectivity index (χ1n) is 8.04. The van der Waals surface area contributed by atoms with E-state index in [-0.39, 0.29) is 0 Å². The van der Waals surface area contributed by atoms with Crippen LogP contribution < -0.4 is 9.64 Å². The van der Waals surface area contributed by atoms with E-state index in [4.69, 9.17) is 9.72 Å². The molecule has 1 aromatic carbocycles. The summed E-state index contributed by atoms with van der Waals surface area (Å²) in [6, 6.07) is 12.4. The van der Waals surface area contributed by atoms with Crippen LogP contribution in [-0.4, -0.2) is 9.97 Å². The molecule has 0 fully saturated rings. The highest BCUT2D eigenvalue weighted by Gasteiger charge is 2.26. The van der Waals surface area contributed by atoms with Crippen LogP contribution in [0.1, 0.15) is 22.3 Å². The summed E-state index contributed by atoms with van der Waals surface area (Å²) < 4.78 is 6.06. The fraction of sp³-hybridized carbons (Fsp3) is 0.200. The SMILES string of the molecule is Cc1cnc2c(c1)COc1cc(C)cnc1N2c1ccccc1C. The summed E-state index contributed by atoms with van der Waals surface area (Å²) in [6.45, 7) is 6.66. The molecule has 24 heavy (non-hydrogen) atoms. The number of aromatic nitrogens is 2. The van der Waals surface area contributed by atoms with E-state index in [1.54, 1.807) is 0 Å². The summed E-state index contributed by atoms with van der Waals surface area (Å²) >= 11 is 0. The van der Waals surface area contributed by atoms with Crippen LogP contribution in [0.4, 0.5) is 17.3 Å². The molecule has 2 aromatic heterocycles. The van der Waals surface area contributed by atoms with Crippen LogP contribution in [0.15, 0.2) is 48.8 Å². The maximum Gasteiger partial charge on any atom is 0.181 e. The monoisotopic (exact) mass is 317 g/mol. The van der Waals surface area contributed by atoms with Crippen molar-refractivity contribution in [2.75, 3.05) is 4.90 Å². The van der Waals surface area contributed by atoms with E-state index < -0.39 is 0 Å². The number of pyridine rings is 2. The molecule has 4 heteroatoms. The average Bonchev–Trinajstić information content (AvgIpc) is 2.72. The molecule has 0 spiro atoms. The van der Waals surface area contributed by atoms with Gasteiger partial charge in [0.15, 0.2) is 11.6 Å². The van der Waals surface area contributed by atoms with E-state index >= 15 is 0 Å². The van der Waals surface area contributed by atoms with Crippen LogP contribution >= 0.6 is 0 Å². The van der Waals surface area contributed by atoms with Crippen molar-refractivity contribution in [1.29, 1.82) is 0 Å². The second kappa shape index (κ2) is 5.64. The molecule has 3 aromatic rings. The highest BCUT2D eigenvalue weighted by molar-refractivity contribution is 5.79. The summed E-state index contributed by atoms with van der Waals surface area (Å²) in [5.74, 6) is 2.45. The third-order valence-corrected chi connectivity index (χ3v) is 4.21. The third-order valence-electron chi connectivity index (χ3n) is 4.21. The van der Waals surface area contributed by atoms with Crippen molar-refractivity contribution in [2.24, 2.45) is 0 Å². The molecule has 4 rings (SSSR count). The number of ether oxygens (including phenoxy) is 1. The number of fused-ring (bicyclic) bond motifs is 2. The summed E-state index contributed by atoms with van der Waals surface area (Å²) in [6.07, 6.45) is 3.76. The molecule has 0 bridgehead atoms. The number of benzene rings is 1. The molecule has 0 atom stereocenters. The van der Waals surface area contributed by atoms with Crippen molar-refractivity contribution in [3.63, 3.8) is 0 Å². The molecule has 120 valence electrons. The van der Waals surface area contributed by atoms with Crippen molar-refractivity contribution >= 4 is 17.3 Å². The Morgan fingerprint density at radius 2 is 1.62 bits per heavy atom. The Balaban J connectivity index is 2.01.